The standard InChI is InChI=1S/C9H16/c1-9(2,3)8-6-4-5-7-8/h4-5,8H,6-7H2,1-3H3. The van der Waals surface area contributed by atoms with Crippen LogP contribution in [0.3, 0.4) is 0 Å². The molecule has 0 heterocycles. The van der Waals surface area contributed by atoms with Gasteiger partial charge in [0.25, 0.3) is 0 Å². The van der Waals surface area contributed by atoms with E-state index in [9.17, 15) is 0 Å². The van der Waals surface area contributed by atoms with E-state index in [0.29, 0.717) is 5.41 Å². The van der Waals surface area contributed by atoms with E-state index in [4.69, 9.17) is 0 Å². The fourth-order valence-corrected chi connectivity index (χ4v) is 1.32. The second-order valence-corrected chi connectivity index (χ2v) is 4.01. The SMILES string of the molecule is CC(C)(C)C1CC=CC1. The molecule has 0 spiro atoms. The Kier molecular flexibility index (Phi) is 1.65. The minimum absolute atomic E-state index is 0.517. The Labute approximate surface area is 58.0 Å². The Morgan fingerprint density at radius 1 is 1.11 bits per heavy atom. The topological polar surface area (TPSA) is 0 Å². The number of hydrogen-bond acceptors (Lipinski definition) is 0. The highest BCUT2D eigenvalue weighted by molar-refractivity contribution is 4.97. The third kappa shape index (κ3) is 1.57. The van der Waals surface area contributed by atoms with E-state index in [1.165, 1.54) is 12.8 Å². The van der Waals surface area contributed by atoms with E-state index in [0.717, 1.165) is 5.92 Å². The van der Waals surface area contributed by atoms with Gasteiger partial charge in [-0.2, -0.15) is 0 Å². The van der Waals surface area contributed by atoms with Crippen molar-refractivity contribution in [3.05, 3.63) is 12.2 Å². The fraction of sp³-hybridized carbons (Fsp3) is 0.778. The van der Waals surface area contributed by atoms with Gasteiger partial charge in [0.05, 0.1) is 0 Å². The molecule has 0 amide bonds. The second-order valence-electron chi connectivity index (χ2n) is 4.01. The summed E-state index contributed by atoms with van der Waals surface area (Å²) in [6, 6.07) is 0. The molecule has 0 nitrogen and oxygen atoms in total. The lowest BCUT2D eigenvalue weighted by molar-refractivity contribution is 0.254. The normalized spacial score (nSPS) is 21.2. The summed E-state index contributed by atoms with van der Waals surface area (Å²) in [5.41, 5.74) is 0.517. The van der Waals surface area contributed by atoms with Gasteiger partial charge in [-0.3, -0.25) is 0 Å². The third-order valence-corrected chi connectivity index (χ3v) is 2.23. The van der Waals surface area contributed by atoms with Crippen LogP contribution in [0.4, 0.5) is 0 Å². The molecule has 0 aliphatic heterocycles. The first-order valence-electron chi connectivity index (χ1n) is 3.76. The van der Waals surface area contributed by atoms with Crippen LogP contribution in [0.2, 0.25) is 0 Å². The van der Waals surface area contributed by atoms with Crippen LogP contribution in [-0.4, -0.2) is 0 Å². The minimum atomic E-state index is 0.517. The van der Waals surface area contributed by atoms with Gasteiger partial charge in [-0.1, -0.05) is 32.9 Å². The van der Waals surface area contributed by atoms with E-state index in [1.54, 1.807) is 0 Å². The molecule has 0 atom stereocenters. The molecule has 0 N–H and O–H groups in total. The molecule has 1 aliphatic carbocycles. The van der Waals surface area contributed by atoms with Crippen molar-refractivity contribution in [2.24, 2.45) is 11.3 Å². The van der Waals surface area contributed by atoms with E-state index >= 15 is 0 Å². The van der Waals surface area contributed by atoms with Crippen molar-refractivity contribution in [1.82, 2.24) is 0 Å². The van der Waals surface area contributed by atoms with Crippen LogP contribution >= 0.6 is 0 Å². The van der Waals surface area contributed by atoms with Crippen molar-refractivity contribution < 1.29 is 0 Å². The van der Waals surface area contributed by atoms with Crippen LogP contribution < -0.4 is 0 Å². The molecule has 0 bridgehead atoms. The highest BCUT2D eigenvalue weighted by atomic mass is 14.3. The van der Waals surface area contributed by atoms with E-state index in [1.807, 2.05) is 0 Å². The van der Waals surface area contributed by atoms with Crippen molar-refractivity contribution in [1.29, 1.82) is 0 Å². The van der Waals surface area contributed by atoms with Crippen LogP contribution in [-0.2, 0) is 0 Å². The predicted octanol–water partition coefficient (Wildman–Crippen LogP) is 3.00. The summed E-state index contributed by atoms with van der Waals surface area (Å²) in [6.07, 6.45) is 7.19. The molecule has 0 aromatic rings. The molecule has 1 aliphatic rings. The van der Waals surface area contributed by atoms with Gasteiger partial charge in [-0.05, 0) is 24.2 Å². The average Bonchev–Trinajstić information content (AvgIpc) is 2.08. The van der Waals surface area contributed by atoms with E-state index < -0.39 is 0 Å². The zero-order chi connectivity index (χ0) is 6.91. The van der Waals surface area contributed by atoms with Gasteiger partial charge < -0.3 is 0 Å². The number of hydrogen-bond donors (Lipinski definition) is 0. The zero-order valence-corrected chi connectivity index (χ0v) is 6.65. The van der Waals surface area contributed by atoms with Gasteiger partial charge in [-0.25, -0.2) is 0 Å². The lowest BCUT2D eigenvalue weighted by Crippen LogP contribution is -2.16. The van der Waals surface area contributed by atoms with Crippen LogP contribution in [0.15, 0.2) is 12.2 Å². The van der Waals surface area contributed by atoms with Crippen molar-refractivity contribution in [3.63, 3.8) is 0 Å². The molecule has 0 radical (unpaired) electrons. The van der Waals surface area contributed by atoms with Gasteiger partial charge in [0, 0.05) is 0 Å². The molecule has 0 aromatic heterocycles. The summed E-state index contributed by atoms with van der Waals surface area (Å²) in [5, 5.41) is 0. The maximum absolute atomic E-state index is 2.32. The Hall–Kier alpha value is -0.260. The first-order chi connectivity index (χ1) is 4.11. The van der Waals surface area contributed by atoms with Gasteiger partial charge in [-0.15, -0.1) is 0 Å². The molecule has 1 rings (SSSR count). The Balaban J connectivity index is 2.46. The molecule has 0 saturated heterocycles. The molecule has 0 heteroatoms. The lowest BCUT2D eigenvalue weighted by atomic mass is 9.79. The third-order valence-electron chi connectivity index (χ3n) is 2.23. The monoisotopic (exact) mass is 124 g/mol. The molecule has 0 fully saturated rings. The Morgan fingerprint density at radius 3 is 1.78 bits per heavy atom. The number of rotatable bonds is 0. The number of allylic oxidation sites excluding steroid dienone is 2. The molecular formula is C9H16. The van der Waals surface area contributed by atoms with Crippen molar-refractivity contribution in [2.75, 3.05) is 0 Å². The summed E-state index contributed by atoms with van der Waals surface area (Å²) in [7, 11) is 0. The van der Waals surface area contributed by atoms with Gasteiger partial charge >= 0.3 is 0 Å². The summed E-state index contributed by atoms with van der Waals surface area (Å²) in [6.45, 7) is 6.97. The molecule has 0 saturated carbocycles. The Bertz CT molecular complexity index is 106. The van der Waals surface area contributed by atoms with Crippen LogP contribution in [0.1, 0.15) is 33.6 Å². The largest absolute Gasteiger partial charge is 0.0882 e. The maximum Gasteiger partial charge on any atom is -0.0296 e. The quantitative estimate of drug-likeness (QED) is 0.435. The predicted molar refractivity (Wildman–Crippen MR) is 41.3 cm³/mol. The smallest absolute Gasteiger partial charge is 0.0296 e. The Morgan fingerprint density at radius 2 is 1.56 bits per heavy atom. The van der Waals surface area contributed by atoms with Gasteiger partial charge in [0.2, 0.25) is 0 Å². The minimum Gasteiger partial charge on any atom is -0.0882 e. The fourth-order valence-electron chi connectivity index (χ4n) is 1.32. The van der Waals surface area contributed by atoms with Crippen molar-refractivity contribution >= 4 is 0 Å². The lowest BCUT2D eigenvalue weighted by Gasteiger charge is -2.26. The highest BCUT2D eigenvalue weighted by Crippen LogP contribution is 2.35. The first-order valence-corrected chi connectivity index (χ1v) is 3.76. The maximum atomic E-state index is 2.32. The molecular weight excluding hydrogens is 108 g/mol. The average molecular weight is 124 g/mol. The summed E-state index contributed by atoms with van der Waals surface area (Å²) in [4.78, 5) is 0. The summed E-state index contributed by atoms with van der Waals surface area (Å²) >= 11 is 0. The van der Waals surface area contributed by atoms with Crippen LogP contribution in [0.5, 0.6) is 0 Å². The first kappa shape index (κ1) is 6.85. The van der Waals surface area contributed by atoms with Crippen LogP contribution in [0, 0.1) is 11.3 Å². The molecule has 52 valence electrons. The zero-order valence-electron chi connectivity index (χ0n) is 6.65. The van der Waals surface area contributed by atoms with Gasteiger partial charge in [0.15, 0.2) is 0 Å². The summed E-state index contributed by atoms with van der Waals surface area (Å²) in [5.74, 6) is 0.900. The van der Waals surface area contributed by atoms with Crippen molar-refractivity contribution in [3.8, 4) is 0 Å². The van der Waals surface area contributed by atoms with Gasteiger partial charge in [0.1, 0.15) is 0 Å². The van der Waals surface area contributed by atoms with E-state index in [-0.39, 0.29) is 0 Å². The second kappa shape index (κ2) is 2.17. The van der Waals surface area contributed by atoms with E-state index in [2.05, 4.69) is 32.9 Å². The molecule has 0 unspecified atom stereocenters. The van der Waals surface area contributed by atoms with Crippen LogP contribution in [0.25, 0.3) is 0 Å². The van der Waals surface area contributed by atoms with Crippen molar-refractivity contribution in [2.45, 2.75) is 33.6 Å². The molecule has 0 aromatic carbocycles. The highest BCUT2D eigenvalue weighted by Gasteiger charge is 2.24. The molecule has 9 heavy (non-hydrogen) atoms. The summed E-state index contributed by atoms with van der Waals surface area (Å²) < 4.78 is 0.